The summed E-state index contributed by atoms with van der Waals surface area (Å²) in [7, 11) is 0. The number of benzene rings is 2. The minimum Gasteiger partial charge on any atom is -0.492 e. The number of halogens is 2. The summed E-state index contributed by atoms with van der Waals surface area (Å²) in [6.07, 6.45) is -2.92. The van der Waals surface area contributed by atoms with Gasteiger partial charge in [-0.15, -0.1) is 0 Å². The van der Waals surface area contributed by atoms with Crippen molar-refractivity contribution in [1.82, 2.24) is 14.5 Å². The number of nitrogens with zero attached hydrogens (tertiary/aromatic N) is 2. The zero-order valence-electron chi connectivity index (χ0n) is 17.3. The van der Waals surface area contributed by atoms with Gasteiger partial charge in [-0.25, -0.2) is 13.8 Å². The average Bonchev–Trinajstić information content (AvgIpc) is 3.27. The number of rotatable bonds is 5. The molecule has 168 valence electrons. The molecular weight excluding hydrogens is 452 g/mol. The molecule has 10 heteroatoms. The molecule has 3 heterocycles. The number of alkyl halides is 2. The molecule has 0 saturated heterocycles. The van der Waals surface area contributed by atoms with Gasteiger partial charge in [-0.05, 0) is 55.5 Å². The molecule has 0 aliphatic carbocycles. The van der Waals surface area contributed by atoms with Crippen LogP contribution < -0.4 is 19.8 Å². The molecule has 0 radical (unpaired) electrons. The number of para-hydroxylation sites is 2. The molecule has 2 aromatic heterocycles. The lowest BCUT2D eigenvalue weighted by atomic mass is 10.1. The normalized spacial score (nSPS) is 12.5. The van der Waals surface area contributed by atoms with E-state index >= 15 is 0 Å². The summed E-state index contributed by atoms with van der Waals surface area (Å²) in [5.74, 6) is 1.51. The van der Waals surface area contributed by atoms with E-state index in [4.69, 9.17) is 26.4 Å². The van der Waals surface area contributed by atoms with E-state index in [1.54, 1.807) is 42.5 Å². The van der Waals surface area contributed by atoms with Crippen molar-refractivity contribution in [3.8, 4) is 34.2 Å². The predicted octanol–water partition coefficient (Wildman–Crippen LogP) is 5.18. The van der Waals surface area contributed by atoms with Crippen LogP contribution in [0.5, 0.6) is 17.2 Å². The van der Waals surface area contributed by atoms with Gasteiger partial charge in [0.15, 0.2) is 21.9 Å². The van der Waals surface area contributed by atoms with Gasteiger partial charge in [0.1, 0.15) is 5.75 Å². The second-order valence-corrected chi connectivity index (χ2v) is 7.55. The minimum absolute atomic E-state index is 0.00127. The van der Waals surface area contributed by atoms with E-state index in [1.165, 1.54) is 10.6 Å². The Kier molecular flexibility index (Phi) is 5.29. The zero-order valence-corrected chi connectivity index (χ0v) is 18.1. The van der Waals surface area contributed by atoms with E-state index in [0.717, 1.165) is 0 Å². The lowest BCUT2D eigenvalue weighted by Gasteiger charge is -2.17. The summed E-state index contributed by atoms with van der Waals surface area (Å²) < 4.78 is 46.2. The Morgan fingerprint density at radius 3 is 2.76 bits per heavy atom. The number of fused-ring (bicyclic) bond motifs is 2. The van der Waals surface area contributed by atoms with Gasteiger partial charge in [0.2, 0.25) is 6.79 Å². The maximum absolute atomic E-state index is 14.1. The molecule has 1 aliphatic rings. The second-order valence-electron chi connectivity index (χ2n) is 7.16. The summed E-state index contributed by atoms with van der Waals surface area (Å²) in [6.45, 7) is 2.28. The van der Waals surface area contributed by atoms with Crippen molar-refractivity contribution in [2.24, 2.45) is 0 Å². The monoisotopic (exact) mass is 469 g/mol. The molecule has 0 bridgehead atoms. The van der Waals surface area contributed by atoms with Gasteiger partial charge in [-0.2, -0.15) is 0 Å². The molecule has 2 aromatic carbocycles. The van der Waals surface area contributed by atoms with Crippen LogP contribution in [0.3, 0.4) is 0 Å². The number of hydrogen-bond donors (Lipinski definition) is 1. The highest BCUT2D eigenvalue weighted by atomic mass is 32.1. The minimum atomic E-state index is -2.92. The van der Waals surface area contributed by atoms with Crippen molar-refractivity contribution in [2.75, 3.05) is 13.4 Å². The van der Waals surface area contributed by atoms with E-state index in [2.05, 4.69) is 9.97 Å². The molecule has 0 spiro atoms. The highest BCUT2D eigenvalue weighted by Crippen LogP contribution is 2.37. The molecule has 0 amide bonds. The van der Waals surface area contributed by atoms with E-state index in [9.17, 15) is 13.6 Å². The van der Waals surface area contributed by atoms with Crippen molar-refractivity contribution < 1.29 is 23.0 Å². The van der Waals surface area contributed by atoms with Crippen LogP contribution in [0.2, 0.25) is 0 Å². The number of aromatic amines is 1. The number of hydrogen-bond acceptors (Lipinski definition) is 6. The first-order chi connectivity index (χ1) is 16.0. The summed E-state index contributed by atoms with van der Waals surface area (Å²) in [4.78, 5) is 19.8. The Morgan fingerprint density at radius 1 is 1.18 bits per heavy atom. The van der Waals surface area contributed by atoms with Crippen LogP contribution in [-0.4, -0.2) is 27.9 Å². The number of H-pyrrole nitrogens is 1. The third kappa shape index (κ3) is 3.62. The van der Waals surface area contributed by atoms with Crippen molar-refractivity contribution in [3.63, 3.8) is 0 Å². The van der Waals surface area contributed by atoms with E-state index in [0.29, 0.717) is 35.1 Å². The third-order valence-electron chi connectivity index (χ3n) is 5.20. The van der Waals surface area contributed by atoms with Crippen LogP contribution in [-0.2, 0) is 0 Å². The SMILES string of the molecule is CCOc1ccccc1-n1c(=S)[nH]c(=O)c2c(C(F)F)cc(-c3ccc4c(c3)OCO4)nc21. The summed E-state index contributed by atoms with van der Waals surface area (Å²) >= 11 is 5.41. The standard InChI is InChI=1S/C23H17F2N3O4S/c1-2-30-16-6-4-3-5-15(16)28-21-19(22(29)27-23(28)33)13(20(24)25)10-14(26-21)12-7-8-17-18(9-12)32-11-31-17/h3-10,20H,2,11H2,1H3,(H,27,29,33). The van der Waals surface area contributed by atoms with Crippen LogP contribution in [0.15, 0.2) is 53.3 Å². The summed E-state index contributed by atoms with van der Waals surface area (Å²) in [5, 5.41) is -0.241. The molecule has 0 fully saturated rings. The molecule has 0 atom stereocenters. The molecule has 4 aromatic rings. The molecule has 33 heavy (non-hydrogen) atoms. The quantitative estimate of drug-likeness (QED) is 0.406. The second kappa shape index (κ2) is 8.28. The largest absolute Gasteiger partial charge is 0.492 e. The smallest absolute Gasteiger partial charge is 0.264 e. The zero-order chi connectivity index (χ0) is 23.1. The van der Waals surface area contributed by atoms with Crippen molar-refractivity contribution in [3.05, 3.63) is 69.2 Å². The fourth-order valence-electron chi connectivity index (χ4n) is 3.78. The maximum atomic E-state index is 14.1. The van der Waals surface area contributed by atoms with Crippen molar-refractivity contribution in [2.45, 2.75) is 13.3 Å². The topological polar surface area (TPSA) is 78.4 Å². The highest BCUT2D eigenvalue weighted by molar-refractivity contribution is 7.71. The fraction of sp³-hybridized carbons (Fsp3) is 0.174. The van der Waals surface area contributed by atoms with Crippen LogP contribution >= 0.6 is 12.2 Å². The molecule has 1 N–H and O–H groups in total. The number of aromatic nitrogens is 3. The summed E-state index contributed by atoms with van der Waals surface area (Å²) in [5.41, 5.74) is 0.0480. The Balaban J connectivity index is 1.86. The van der Waals surface area contributed by atoms with Gasteiger partial charge in [0.05, 0.1) is 23.4 Å². The van der Waals surface area contributed by atoms with Crippen LogP contribution in [0.25, 0.3) is 28.0 Å². The first-order valence-electron chi connectivity index (χ1n) is 10.1. The lowest BCUT2D eigenvalue weighted by Crippen LogP contribution is -2.17. The average molecular weight is 469 g/mol. The maximum Gasteiger partial charge on any atom is 0.264 e. The predicted molar refractivity (Wildman–Crippen MR) is 120 cm³/mol. The summed E-state index contributed by atoms with van der Waals surface area (Å²) in [6, 6.07) is 13.2. The molecule has 1 aliphatic heterocycles. The first kappa shape index (κ1) is 21.1. The Hall–Kier alpha value is -3.79. The number of ether oxygens (including phenoxy) is 3. The lowest BCUT2D eigenvalue weighted by molar-refractivity contribution is 0.153. The van der Waals surface area contributed by atoms with Gasteiger partial charge in [-0.1, -0.05) is 12.1 Å². The highest BCUT2D eigenvalue weighted by Gasteiger charge is 2.23. The van der Waals surface area contributed by atoms with Crippen molar-refractivity contribution in [1.29, 1.82) is 0 Å². The molecular formula is C23H17F2N3O4S. The molecule has 7 nitrogen and oxygen atoms in total. The molecule has 0 unspecified atom stereocenters. The number of nitrogens with one attached hydrogen (secondary N) is 1. The number of pyridine rings is 1. The first-order valence-corrected chi connectivity index (χ1v) is 10.5. The fourth-order valence-corrected chi connectivity index (χ4v) is 4.05. The van der Waals surface area contributed by atoms with Gasteiger partial charge in [-0.3, -0.25) is 14.3 Å². The molecule has 5 rings (SSSR count). The van der Waals surface area contributed by atoms with Gasteiger partial charge in [0.25, 0.3) is 12.0 Å². The van der Waals surface area contributed by atoms with E-state index in [1.807, 2.05) is 6.92 Å². The Bertz CT molecular complexity index is 1500. The van der Waals surface area contributed by atoms with Crippen LogP contribution in [0.4, 0.5) is 8.78 Å². The van der Waals surface area contributed by atoms with Gasteiger partial charge >= 0.3 is 0 Å². The van der Waals surface area contributed by atoms with E-state index in [-0.39, 0.29) is 28.3 Å². The van der Waals surface area contributed by atoms with Crippen LogP contribution in [0, 0.1) is 4.77 Å². The Morgan fingerprint density at radius 2 is 1.97 bits per heavy atom. The van der Waals surface area contributed by atoms with Crippen molar-refractivity contribution >= 4 is 23.3 Å². The van der Waals surface area contributed by atoms with Gasteiger partial charge in [0, 0.05) is 11.1 Å². The van der Waals surface area contributed by atoms with Gasteiger partial charge < -0.3 is 14.2 Å². The van der Waals surface area contributed by atoms with Crippen LogP contribution in [0.1, 0.15) is 18.9 Å². The molecule has 0 saturated carbocycles. The Labute approximate surface area is 191 Å². The third-order valence-corrected chi connectivity index (χ3v) is 5.49. The van der Waals surface area contributed by atoms with E-state index < -0.39 is 17.5 Å².